The third-order valence-electron chi connectivity index (χ3n) is 7.16. The molecular weight excluding hydrogens is 442 g/mol. The molecule has 2 saturated heterocycles. The van der Waals surface area contributed by atoms with Crippen LogP contribution in [0, 0.1) is 11.8 Å². The number of aryl methyl sites for hydroxylation is 1. The van der Waals surface area contributed by atoms with Gasteiger partial charge in [-0.3, -0.25) is 9.59 Å². The molecule has 1 unspecified atom stereocenters. The molecule has 8 nitrogen and oxygen atoms in total. The highest BCUT2D eigenvalue weighted by Gasteiger charge is 2.34. The molecule has 2 fully saturated rings. The van der Waals surface area contributed by atoms with Gasteiger partial charge < -0.3 is 24.4 Å². The number of hydrogen-bond donors (Lipinski definition) is 1. The van der Waals surface area contributed by atoms with Crippen molar-refractivity contribution in [1.82, 2.24) is 24.7 Å². The van der Waals surface area contributed by atoms with E-state index in [0.29, 0.717) is 37.2 Å². The summed E-state index contributed by atoms with van der Waals surface area (Å²) in [7, 11) is 1.72. The van der Waals surface area contributed by atoms with Crippen molar-refractivity contribution in [2.75, 3.05) is 46.4 Å². The maximum Gasteiger partial charge on any atom is 0.290 e. The minimum atomic E-state index is 0.00587. The van der Waals surface area contributed by atoms with Crippen molar-refractivity contribution in [2.24, 2.45) is 11.8 Å². The molecule has 0 aliphatic carbocycles. The Kier molecular flexibility index (Phi) is 8.78. The summed E-state index contributed by atoms with van der Waals surface area (Å²) >= 11 is 0. The molecule has 2 aliphatic rings. The van der Waals surface area contributed by atoms with Crippen LogP contribution in [-0.4, -0.2) is 83.6 Å². The molecule has 1 aromatic carbocycles. The number of nitrogens with one attached hydrogen (secondary N) is 1. The number of hydrogen-bond acceptors (Lipinski definition) is 5. The molecule has 3 heterocycles. The number of amides is 2. The van der Waals surface area contributed by atoms with Gasteiger partial charge in [-0.15, -0.1) is 0 Å². The van der Waals surface area contributed by atoms with Gasteiger partial charge in [-0.05, 0) is 56.2 Å². The monoisotopic (exact) mass is 483 g/mol. The molecule has 2 aromatic rings. The molecule has 4 rings (SSSR count). The number of carbonyl (C=O) groups is 2. The summed E-state index contributed by atoms with van der Waals surface area (Å²) in [4.78, 5) is 35.1. The predicted molar refractivity (Wildman–Crippen MR) is 137 cm³/mol. The lowest BCUT2D eigenvalue weighted by molar-refractivity contribution is -0.128. The van der Waals surface area contributed by atoms with E-state index < -0.39 is 0 Å². The quantitative estimate of drug-likeness (QED) is 0.497. The third kappa shape index (κ3) is 6.22. The molecule has 0 spiro atoms. The van der Waals surface area contributed by atoms with Crippen molar-refractivity contribution in [3.8, 4) is 0 Å². The van der Waals surface area contributed by atoms with E-state index in [1.54, 1.807) is 7.11 Å². The SMILES string of the molecule is COCCCCn1c(C(=O)N(CC(C)C)[C@@H]2CNCC(CN3CCCC3=O)C2)nc2ccccc21. The fourth-order valence-corrected chi connectivity index (χ4v) is 5.49. The number of likely N-dealkylation sites (tertiary alicyclic amines) is 1. The second-order valence-electron chi connectivity index (χ2n) is 10.5. The van der Waals surface area contributed by atoms with E-state index in [1.165, 1.54) is 0 Å². The minimum absolute atomic E-state index is 0.00587. The summed E-state index contributed by atoms with van der Waals surface area (Å²) in [6, 6.07) is 8.09. The van der Waals surface area contributed by atoms with E-state index in [4.69, 9.17) is 9.72 Å². The van der Waals surface area contributed by atoms with E-state index in [-0.39, 0.29) is 17.9 Å². The van der Waals surface area contributed by atoms with Crippen LogP contribution < -0.4 is 5.32 Å². The highest BCUT2D eigenvalue weighted by molar-refractivity contribution is 5.95. The van der Waals surface area contributed by atoms with Crippen molar-refractivity contribution >= 4 is 22.8 Å². The van der Waals surface area contributed by atoms with Crippen molar-refractivity contribution < 1.29 is 14.3 Å². The standard InChI is InChI=1S/C27H41N5O3/c1-20(2)18-32(22-15-21(16-28-17-22)19-30-12-8-11-25(30)33)27(34)26-29-23-9-4-5-10-24(23)31(26)13-6-7-14-35-3/h4-5,9-10,20-22,28H,6-8,11-19H2,1-3H3/t21?,22-/m0/s1. The Bertz CT molecular complexity index is 1000. The van der Waals surface area contributed by atoms with Crippen molar-refractivity contribution in [3.63, 3.8) is 0 Å². The Hall–Kier alpha value is -2.45. The number of nitrogens with zero attached hydrogens (tertiary/aromatic N) is 4. The number of ether oxygens (including phenoxy) is 1. The number of rotatable bonds is 11. The van der Waals surface area contributed by atoms with Crippen LogP contribution in [0.2, 0.25) is 0 Å². The Balaban J connectivity index is 1.56. The van der Waals surface area contributed by atoms with Gasteiger partial charge in [-0.1, -0.05) is 26.0 Å². The number of benzene rings is 1. The number of piperidine rings is 1. The molecular formula is C27H41N5O3. The van der Waals surface area contributed by atoms with E-state index in [1.807, 2.05) is 34.1 Å². The molecule has 35 heavy (non-hydrogen) atoms. The number of para-hydroxylation sites is 2. The highest BCUT2D eigenvalue weighted by atomic mass is 16.5. The van der Waals surface area contributed by atoms with Crippen LogP contribution in [0.25, 0.3) is 11.0 Å². The topological polar surface area (TPSA) is 79.7 Å². The first-order valence-corrected chi connectivity index (χ1v) is 13.2. The summed E-state index contributed by atoms with van der Waals surface area (Å²) in [6.07, 6.45) is 4.40. The van der Waals surface area contributed by atoms with Crippen LogP contribution in [0.5, 0.6) is 0 Å². The molecule has 2 atom stereocenters. The van der Waals surface area contributed by atoms with Crippen LogP contribution in [0.1, 0.15) is 56.6 Å². The van der Waals surface area contributed by atoms with Crippen LogP contribution in [0.3, 0.4) is 0 Å². The van der Waals surface area contributed by atoms with E-state index >= 15 is 0 Å². The zero-order valence-corrected chi connectivity index (χ0v) is 21.5. The smallest absolute Gasteiger partial charge is 0.290 e. The molecule has 0 radical (unpaired) electrons. The van der Waals surface area contributed by atoms with Crippen molar-refractivity contribution in [2.45, 2.75) is 58.5 Å². The molecule has 192 valence electrons. The Morgan fingerprint density at radius 1 is 1.26 bits per heavy atom. The first kappa shape index (κ1) is 25.6. The van der Waals surface area contributed by atoms with Crippen molar-refractivity contribution in [3.05, 3.63) is 30.1 Å². The van der Waals surface area contributed by atoms with Gasteiger partial charge >= 0.3 is 0 Å². The largest absolute Gasteiger partial charge is 0.385 e. The molecule has 0 bridgehead atoms. The van der Waals surface area contributed by atoms with Gasteiger partial charge in [-0.25, -0.2) is 4.98 Å². The Morgan fingerprint density at radius 2 is 2.09 bits per heavy atom. The van der Waals surface area contributed by atoms with Gasteiger partial charge in [0, 0.05) is 58.9 Å². The summed E-state index contributed by atoms with van der Waals surface area (Å²) in [5, 5.41) is 3.55. The lowest BCUT2D eigenvalue weighted by atomic mass is 9.93. The fourth-order valence-electron chi connectivity index (χ4n) is 5.49. The Labute approximate surface area is 209 Å². The molecule has 0 saturated carbocycles. The molecule has 2 amide bonds. The van der Waals surface area contributed by atoms with E-state index in [0.717, 1.165) is 69.4 Å². The first-order chi connectivity index (χ1) is 17.0. The van der Waals surface area contributed by atoms with Crippen molar-refractivity contribution in [1.29, 1.82) is 0 Å². The number of methoxy groups -OCH3 is 1. The number of fused-ring (bicyclic) bond motifs is 1. The van der Waals surface area contributed by atoms with Crippen LogP contribution in [0.4, 0.5) is 0 Å². The summed E-state index contributed by atoms with van der Waals surface area (Å²) in [5.74, 6) is 1.50. The number of unbranched alkanes of at least 4 members (excludes halogenated alkanes) is 1. The van der Waals surface area contributed by atoms with E-state index in [9.17, 15) is 9.59 Å². The number of imidazole rings is 1. The lowest BCUT2D eigenvalue weighted by Gasteiger charge is -2.39. The summed E-state index contributed by atoms with van der Waals surface area (Å²) in [6.45, 7) is 9.76. The second kappa shape index (κ2) is 12.0. The summed E-state index contributed by atoms with van der Waals surface area (Å²) in [5.41, 5.74) is 1.87. The molecule has 1 aromatic heterocycles. The molecule has 2 aliphatic heterocycles. The first-order valence-electron chi connectivity index (χ1n) is 13.2. The Morgan fingerprint density at radius 3 is 2.83 bits per heavy atom. The zero-order chi connectivity index (χ0) is 24.8. The second-order valence-corrected chi connectivity index (χ2v) is 10.5. The van der Waals surface area contributed by atoms with Gasteiger partial charge in [0.2, 0.25) is 5.91 Å². The maximum atomic E-state index is 14.1. The average molecular weight is 484 g/mol. The van der Waals surface area contributed by atoms with Gasteiger partial charge in [0.05, 0.1) is 11.0 Å². The van der Waals surface area contributed by atoms with Crippen LogP contribution >= 0.6 is 0 Å². The third-order valence-corrected chi connectivity index (χ3v) is 7.16. The van der Waals surface area contributed by atoms with Crippen LogP contribution in [-0.2, 0) is 16.1 Å². The van der Waals surface area contributed by atoms with Gasteiger partial charge in [0.1, 0.15) is 0 Å². The van der Waals surface area contributed by atoms with Gasteiger partial charge in [0.25, 0.3) is 5.91 Å². The zero-order valence-electron chi connectivity index (χ0n) is 21.5. The average Bonchev–Trinajstić information content (AvgIpc) is 3.43. The maximum absolute atomic E-state index is 14.1. The molecule has 1 N–H and O–H groups in total. The van der Waals surface area contributed by atoms with Gasteiger partial charge in [0.15, 0.2) is 5.82 Å². The van der Waals surface area contributed by atoms with Crippen LogP contribution in [0.15, 0.2) is 24.3 Å². The normalized spacial score (nSPS) is 20.8. The van der Waals surface area contributed by atoms with E-state index in [2.05, 4.69) is 23.7 Å². The fraction of sp³-hybridized carbons (Fsp3) is 0.667. The number of carbonyl (C=O) groups excluding carboxylic acids is 2. The minimum Gasteiger partial charge on any atom is -0.385 e. The number of aromatic nitrogens is 2. The predicted octanol–water partition coefficient (Wildman–Crippen LogP) is 3.16. The lowest BCUT2D eigenvalue weighted by Crippen LogP contribution is -2.54. The van der Waals surface area contributed by atoms with Gasteiger partial charge in [-0.2, -0.15) is 0 Å². The highest BCUT2D eigenvalue weighted by Crippen LogP contribution is 2.24. The summed E-state index contributed by atoms with van der Waals surface area (Å²) < 4.78 is 7.31. The molecule has 8 heteroatoms.